The number of amides is 2. The van der Waals surface area contributed by atoms with Crippen LogP contribution < -0.4 is 4.90 Å². The minimum atomic E-state index is -0.258. The van der Waals surface area contributed by atoms with Gasteiger partial charge in [-0.3, -0.25) is 14.5 Å². The van der Waals surface area contributed by atoms with Crippen LogP contribution in [0, 0.1) is 6.92 Å². The zero-order chi connectivity index (χ0) is 20.4. The van der Waals surface area contributed by atoms with Crippen LogP contribution in [0.25, 0.3) is 6.08 Å². The molecule has 2 aromatic carbocycles. The van der Waals surface area contributed by atoms with Crippen LogP contribution in [0.3, 0.4) is 0 Å². The third kappa shape index (κ3) is 4.50. The van der Waals surface area contributed by atoms with E-state index in [2.05, 4.69) is 17.0 Å². The maximum Gasteiger partial charge on any atom is 0.293 e. The van der Waals surface area contributed by atoms with Crippen LogP contribution >= 0.6 is 23.4 Å². The molecule has 29 heavy (non-hydrogen) atoms. The predicted molar refractivity (Wildman–Crippen MR) is 117 cm³/mol. The molecule has 0 unspecified atom stereocenters. The predicted octanol–water partition coefficient (Wildman–Crippen LogP) is 4.72. The molecule has 2 fully saturated rings. The summed E-state index contributed by atoms with van der Waals surface area (Å²) < 4.78 is 5.41. The number of thioether (sulfide) groups is 1. The van der Waals surface area contributed by atoms with Crippen LogP contribution in [0.15, 0.2) is 47.4 Å². The Balaban J connectivity index is 1.51. The Morgan fingerprint density at radius 1 is 1.10 bits per heavy atom. The lowest BCUT2D eigenvalue weighted by Crippen LogP contribution is -2.36. The van der Waals surface area contributed by atoms with Crippen molar-refractivity contribution in [3.05, 3.63) is 69.1 Å². The fourth-order valence-electron chi connectivity index (χ4n) is 3.39. The number of hydrogen-bond donors (Lipinski definition) is 0. The number of nitrogens with zero attached hydrogens (tertiary/aromatic N) is 2. The van der Waals surface area contributed by atoms with Crippen LogP contribution in [0.4, 0.5) is 10.5 Å². The van der Waals surface area contributed by atoms with Gasteiger partial charge in [-0.05, 0) is 65.7 Å². The van der Waals surface area contributed by atoms with Gasteiger partial charge in [0.1, 0.15) is 0 Å². The number of halogens is 1. The molecular weight excluding hydrogens is 408 g/mol. The van der Waals surface area contributed by atoms with Gasteiger partial charge in [0, 0.05) is 23.8 Å². The molecule has 150 valence electrons. The van der Waals surface area contributed by atoms with Crippen molar-refractivity contribution >= 4 is 46.3 Å². The van der Waals surface area contributed by atoms with Gasteiger partial charge in [0.05, 0.1) is 24.7 Å². The maximum atomic E-state index is 12.8. The first-order valence-corrected chi connectivity index (χ1v) is 10.6. The average molecular weight is 429 g/mol. The van der Waals surface area contributed by atoms with Gasteiger partial charge in [0.25, 0.3) is 11.1 Å². The van der Waals surface area contributed by atoms with Crippen LogP contribution in [0.5, 0.6) is 0 Å². The first kappa shape index (κ1) is 20.0. The van der Waals surface area contributed by atoms with E-state index in [1.165, 1.54) is 4.90 Å². The number of aryl methyl sites for hydroxylation is 1. The second-order valence-electron chi connectivity index (χ2n) is 7.03. The van der Waals surface area contributed by atoms with E-state index in [-0.39, 0.29) is 17.7 Å². The highest BCUT2D eigenvalue weighted by Gasteiger charge is 2.35. The molecule has 2 aliphatic rings. The molecular formula is C22H21ClN2O3S. The third-order valence-electron chi connectivity index (χ3n) is 5.04. The Hall–Kier alpha value is -2.28. The van der Waals surface area contributed by atoms with E-state index in [9.17, 15) is 9.59 Å². The molecule has 0 spiro atoms. The van der Waals surface area contributed by atoms with Crippen molar-refractivity contribution in [1.29, 1.82) is 0 Å². The summed E-state index contributed by atoms with van der Waals surface area (Å²) in [6.45, 7) is 5.50. The van der Waals surface area contributed by atoms with Crippen molar-refractivity contribution in [2.75, 3.05) is 31.2 Å². The second-order valence-corrected chi connectivity index (χ2v) is 8.46. The Kier molecular flexibility index (Phi) is 5.94. The minimum absolute atomic E-state index is 0.244. The van der Waals surface area contributed by atoms with Gasteiger partial charge in [-0.1, -0.05) is 29.8 Å². The fraction of sp³-hybridized carbons (Fsp3) is 0.273. The largest absolute Gasteiger partial charge is 0.378 e. The van der Waals surface area contributed by atoms with Crippen molar-refractivity contribution in [2.24, 2.45) is 0 Å². The highest BCUT2D eigenvalue weighted by Crippen LogP contribution is 2.34. The number of rotatable bonds is 4. The summed E-state index contributed by atoms with van der Waals surface area (Å²) in [5, 5.41) is 0.373. The molecule has 0 N–H and O–H groups in total. The first-order valence-electron chi connectivity index (χ1n) is 9.44. The summed E-state index contributed by atoms with van der Waals surface area (Å²) in [5.74, 6) is -0.258. The minimum Gasteiger partial charge on any atom is -0.378 e. The van der Waals surface area contributed by atoms with Crippen LogP contribution in [0.2, 0.25) is 5.02 Å². The number of anilines is 1. The Bertz CT molecular complexity index is 969. The van der Waals surface area contributed by atoms with Crippen molar-refractivity contribution in [3.63, 3.8) is 0 Å². The van der Waals surface area contributed by atoms with Gasteiger partial charge in [0.15, 0.2) is 0 Å². The van der Waals surface area contributed by atoms with E-state index in [4.69, 9.17) is 16.3 Å². The Morgan fingerprint density at radius 2 is 1.83 bits per heavy atom. The summed E-state index contributed by atoms with van der Waals surface area (Å²) in [5.41, 5.74) is 4.03. The van der Waals surface area contributed by atoms with E-state index < -0.39 is 0 Å². The molecule has 2 aromatic rings. The highest BCUT2D eigenvalue weighted by atomic mass is 35.5. The summed E-state index contributed by atoms with van der Waals surface area (Å²) in [4.78, 5) is 29.2. The van der Waals surface area contributed by atoms with Gasteiger partial charge < -0.3 is 9.64 Å². The number of carbonyl (C=O) groups is 2. The van der Waals surface area contributed by atoms with E-state index in [1.54, 1.807) is 12.1 Å². The number of morpholine rings is 1. The van der Waals surface area contributed by atoms with Crippen LogP contribution in [0.1, 0.15) is 16.7 Å². The van der Waals surface area contributed by atoms with Crippen LogP contribution in [-0.2, 0) is 16.1 Å². The van der Waals surface area contributed by atoms with E-state index in [1.807, 2.05) is 31.2 Å². The molecule has 0 bridgehead atoms. The molecule has 4 rings (SSSR count). The van der Waals surface area contributed by atoms with Crippen molar-refractivity contribution in [2.45, 2.75) is 13.5 Å². The zero-order valence-electron chi connectivity index (χ0n) is 16.1. The van der Waals surface area contributed by atoms with Crippen LogP contribution in [-0.4, -0.2) is 42.3 Å². The van der Waals surface area contributed by atoms with Crippen molar-refractivity contribution < 1.29 is 14.3 Å². The molecule has 2 aliphatic heterocycles. The lowest BCUT2D eigenvalue weighted by Gasteiger charge is -2.29. The number of ether oxygens (including phenoxy) is 1. The molecule has 0 aliphatic carbocycles. The number of hydrogen-bond acceptors (Lipinski definition) is 5. The van der Waals surface area contributed by atoms with Gasteiger partial charge in [-0.15, -0.1) is 0 Å². The molecule has 0 atom stereocenters. The lowest BCUT2D eigenvalue weighted by atomic mass is 10.1. The Labute approximate surface area is 179 Å². The lowest BCUT2D eigenvalue weighted by molar-refractivity contribution is -0.123. The molecule has 0 saturated carbocycles. The normalized spacial score (nSPS) is 18.8. The number of benzene rings is 2. The molecule has 2 saturated heterocycles. The fourth-order valence-corrected chi connectivity index (χ4v) is 4.35. The van der Waals surface area contributed by atoms with E-state index >= 15 is 0 Å². The first-order chi connectivity index (χ1) is 14.0. The van der Waals surface area contributed by atoms with Gasteiger partial charge in [-0.2, -0.15) is 0 Å². The zero-order valence-corrected chi connectivity index (χ0v) is 17.6. The van der Waals surface area contributed by atoms with Gasteiger partial charge in [0.2, 0.25) is 0 Å². The molecule has 5 nitrogen and oxygen atoms in total. The average Bonchev–Trinajstić information content (AvgIpc) is 2.99. The summed E-state index contributed by atoms with van der Waals surface area (Å²) in [6, 6.07) is 13.3. The third-order valence-corrected chi connectivity index (χ3v) is 6.20. The maximum absolute atomic E-state index is 12.8. The van der Waals surface area contributed by atoms with Gasteiger partial charge >= 0.3 is 0 Å². The molecule has 2 heterocycles. The van der Waals surface area contributed by atoms with Crippen molar-refractivity contribution in [1.82, 2.24) is 4.90 Å². The molecule has 0 aromatic heterocycles. The molecule has 0 radical (unpaired) electrons. The van der Waals surface area contributed by atoms with E-state index in [0.717, 1.165) is 60.4 Å². The van der Waals surface area contributed by atoms with Gasteiger partial charge in [-0.25, -0.2) is 0 Å². The SMILES string of the molecule is Cc1cc(N2CCOCC2)ccc1/C=C1\SC(=O)N(Cc2ccc(Cl)cc2)C1=O. The second kappa shape index (κ2) is 8.61. The standard InChI is InChI=1S/C22H21ClN2O3S/c1-15-12-19(24-8-10-28-11-9-24)7-4-17(15)13-20-21(26)25(22(27)29-20)14-16-2-5-18(23)6-3-16/h2-7,12-13H,8-11,14H2,1H3/b20-13-. The topological polar surface area (TPSA) is 49.9 Å². The molecule has 7 heteroatoms. The highest BCUT2D eigenvalue weighted by molar-refractivity contribution is 8.18. The van der Waals surface area contributed by atoms with E-state index in [0.29, 0.717) is 9.93 Å². The summed E-state index contributed by atoms with van der Waals surface area (Å²) >= 11 is 6.89. The summed E-state index contributed by atoms with van der Waals surface area (Å²) in [6.07, 6.45) is 1.81. The summed E-state index contributed by atoms with van der Waals surface area (Å²) in [7, 11) is 0. The number of imide groups is 1. The van der Waals surface area contributed by atoms with Crippen molar-refractivity contribution in [3.8, 4) is 0 Å². The Morgan fingerprint density at radius 3 is 2.52 bits per heavy atom. The molecule has 2 amide bonds. The monoisotopic (exact) mass is 428 g/mol. The number of carbonyl (C=O) groups excluding carboxylic acids is 2. The smallest absolute Gasteiger partial charge is 0.293 e. The quantitative estimate of drug-likeness (QED) is 0.659.